The van der Waals surface area contributed by atoms with E-state index in [0.29, 0.717) is 13.1 Å². The van der Waals surface area contributed by atoms with Gasteiger partial charge in [0.25, 0.3) is 0 Å². The predicted molar refractivity (Wildman–Crippen MR) is 102 cm³/mol. The second-order valence-electron chi connectivity index (χ2n) is 7.54. The van der Waals surface area contributed by atoms with Crippen LogP contribution in [-0.4, -0.2) is 50.1 Å². The molecule has 2 fully saturated rings. The molecule has 1 aliphatic carbocycles. The van der Waals surface area contributed by atoms with Gasteiger partial charge in [0.2, 0.25) is 11.8 Å². The molecule has 1 aromatic carbocycles. The Hall–Kier alpha value is -2.08. The molecule has 2 aliphatic rings. The van der Waals surface area contributed by atoms with Crippen molar-refractivity contribution in [2.75, 3.05) is 37.5 Å². The van der Waals surface area contributed by atoms with E-state index in [4.69, 9.17) is 4.74 Å². The molecule has 1 atom stereocenters. The molecule has 1 heterocycles. The highest BCUT2D eigenvalue weighted by Gasteiger charge is 2.29. The van der Waals surface area contributed by atoms with Gasteiger partial charge in [-0.05, 0) is 49.4 Å². The van der Waals surface area contributed by atoms with Gasteiger partial charge in [-0.15, -0.1) is 0 Å². The van der Waals surface area contributed by atoms with E-state index < -0.39 is 0 Å². The molecule has 1 saturated heterocycles. The van der Waals surface area contributed by atoms with Gasteiger partial charge in [0.1, 0.15) is 0 Å². The molecular weight excluding hydrogens is 330 g/mol. The fraction of sp³-hybridized carbons (Fsp3) is 0.600. The van der Waals surface area contributed by atoms with E-state index in [9.17, 15) is 9.59 Å². The average Bonchev–Trinajstić information content (AvgIpc) is 3.32. The quantitative estimate of drug-likeness (QED) is 0.813. The standard InChI is InChI=1S/C20H29N3O3/c1-14(24)23(13-18-5-4-10-26-18)12-16-11-17(8-9-19(16)22(2)3)21-20(25)15-6-7-15/h8-9,11,15,18H,4-7,10,12-13H2,1-3H3,(H,21,25)/t18-/m1/s1. The van der Waals surface area contributed by atoms with Gasteiger partial charge in [0.05, 0.1) is 6.10 Å². The van der Waals surface area contributed by atoms with Gasteiger partial charge in [-0.3, -0.25) is 9.59 Å². The van der Waals surface area contributed by atoms with Crippen molar-refractivity contribution in [3.05, 3.63) is 23.8 Å². The molecule has 1 saturated carbocycles. The molecule has 1 aliphatic heterocycles. The Kier molecular flexibility index (Phi) is 5.81. The summed E-state index contributed by atoms with van der Waals surface area (Å²) in [7, 11) is 3.97. The molecule has 0 unspecified atom stereocenters. The van der Waals surface area contributed by atoms with Crippen LogP contribution in [0.25, 0.3) is 0 Å². The van der Waals surface area contributed by atoms with E-state index in [1.165, 1.54) is 0 Å². The summed E-state index contributed by atoms with van der Waals surface area (Å²) < 4.78 is 5.70. The summed E-state index contributed by atoms with van der Waals surface area (Å²) in [4.78, 5) is 28.1. The summed E-state index contributed by atoms with van der Waals surface area (Å²) in [5.41, 5.74) is 2.87. The van der Waals surface area contributed by atoms with Crippen LogP contribution < -0.4 is 10.2 Å². The van der Waals surface area contributed by atoms with Gasteiger partial charge >= 0.3 is 0 Å². The van der Waals surface area contributed by atoms with Crippen LogP contribution in [0.4, 0.5) is 11.4 Å². The maximum Gasteiger partial charge on any atom is 0.227 e. The van der Waals surface area contributed by atoms with Crippen molar-refractivity contribution in [2.45, 2.75) is 45.3 Å². The summed E-state index contributed by atoms with van der Waals surface area (Å²) in [6.45, 7) is 3.50. The molecule has 3 rings (SSSR count). The van der Waals surface area contributed by atoms with Crippen molar-refractivity contribution < 1.29 is 14.3 Å². The molecule has 0 aromatic heterocycles. The fourth-order valence-electron chi connectivity index (χ4n) is 3.36. The van der Waals surface area contributed by atoms with Crippen LogP contribution in [0.1, 0.15) is 38.2 Å². The minimum atomic E-state index is 0.0395. The summed E-state index contributed by atoms with van der Waals surface area (Å²) in [5.74, 6) is 0.300. The largest absolute Gasteiger partial charge is 0.377 e. The molecule has 2 amide bonds. The Morgan fingerprint density at radius 2 is 2.00 bits per heavy atom. The molecule has 6 nitrogen and oxygen atoms in total. The van der Waals surface area contributed by atoms with Gasteiger partial charge in [-0.25, -0.2) is 0 Å². The second kappa shape index (κ2) is 8.08. The molecule has 26 heavy (non-hydrogen) atoms. The Balaban J connectivity index is 1.77. The van der Waals surface area contributed by atoms with Crippen molar-refractivity contribution in [1.29, 1.82) is 0 Å². The SMILES string of the molecule is CC(=O)N(Cc1cc(NC(=O)C2CC2)ccc1N(C)C)C[C@H]1CCCO1. The number of benzene rings is 1. The van der Waals surface area contributed by atoms with Gasteiger partial charge in [-0.2, -0.15) is 0 Å². The van der Waals surface area contributed by atoms with Crippen LogP contribution >= 0.6 is 0 Å². The highest BCUT2D eigenvalue weighted by atomic mass is 16.5. The molecule has 0 bridgehead atoms. The van der Waals surface area contributed by atoms with E-state index >= 15 is 0 Å². The summed E-state index contributed by atoms with van der Waals surface area (Å²) >= 11 is 0. The zero-order valence-electron chi connectivity index (χ0n) is 16.0. The average molecular weight is 359 g/mol. The van der Waals surface area contributed by atoms with Crippen molar-refractivity contribution >= 4 is 23.2 Å². The molecule has 1 aromatic rings. The Morgan fingerprint density at radius 1 is 1.23 bits per heavy atom. The van der Waals surface area contributed by atoms with Crippen molar-refractivity contribution in [3.8, 4) is 0 Å². The maximum absolute atomic E-state index is 12.2. The second-order valence-corrected chi connectivity index (χ2v) is 7.54. The third kappa shape index (κ3) is 4.75. The molecule has 1 N–H and O–H groups in total. The molecular formula is C20H29N3O3. The Bertz CT molecular complexity index is 664. The third-order valence-electron chi connectivity index (χ3n) is 5.03. The van der Waals surface area contributed by atoms with Crippen LogP contribution in [0.3, 0.4) is 0 Å². The van der Waals surface area contributed by atoms with Gasteiger partial charge in [-0.1, -0.05) is 0 Å². The van der Waals surface area contributed by atoms with Gasteiger partial charge < -0.3 is 19.9 Å². The first-order valence-electron chi connectivity index (χ1n) is 9.42. The van der Waals surface area contributed by atoms with E-state index in [1.807, 2.05) is 42.1 Å². The molecule has 142 valence electrons. The Labute approximate surface area is 155 Å². The summed E-state index contributed by atoms with van der Waals surface area (Å²) in [5, 5.41) is 3.00. The monoisotopic (exact) mass is 359 g/mol. The lowest BCUT2D eigenvalue weighted by Crippen LogP contribution is -2.35. The van der Waals surface area contributed by atoms with Crippen LogP contribution in [0, 0.1) is 5.92 Å². The third-order valence-corrected chi connectivity index (χ3v) is 5.03. The summed E-state index contributed by atoms with van der Waals surface area (Å²) in [6.07, 6.45) is 4.14. The van der Waals surface area contributed by atoms with Crippen LogP contribution in [0.2, 0.25) is 0 Å². The van der Waals surface area contributed by atoms with E-state index in [1.54, 1.807) is 6.92 Å². The number of hydrogen-bond acceptors (Lipinski definition) is 4. The van der Waals surface area contributed by atoms with Gasteiger partial charge in [0.15, 0.2) is 0 Å². The lowest BCUT2D eigenvalue weighted by molar-refractivity contribution is -0.131. The van der Waals surface area contributed by atoms with Crippen LogP contribution in [-0.2, 0) is 20.9 Å². The maximum atomic E-state index is 12.2. The van der Waals surface area contributed by atoms with Crippen LogP contribution in [0.5, 0.6) is 0 Å². The lowest BCUT2D eigenvalue weighted by atomic mass is 10.1. The van der Waals surface area contributed by atoms with Crippen molar-refractivity contribution in [3.63, 3.8) is 0 Å². The number of anilines is 2. The van der Waals surface area contributed by atoms with Crippen molar-refractivity contribution in [2.24, 2.45) is 5.92 Å². The minimum Gasteiger partial charge on any atom is -0.377 e. The molecule has 6 heteroatoms. The topological polar surface area (TPSA) is 61.9 Å². The molecule has 0 spiro atoms. The number of nitrogens with zero attached hydrogens (tertiary/aromatic N) is 2. The number of ether oxygens (including phenoxy) is 1. The number of carbonyl (C=O) groups excluding carboxylic acids is 2. The fourth-order valence-corrected chi connectivity index (χ4v) is 3.36. The highest BCUT2D eigenvalue weighted by molar-refractivity contribution is 5.94. The predicted octanol–water partition coefficient (Wildman–Crippen LogP) is 2.63. The normalized spacial score (nSPS) is 19.3. The number of rotatable bonds is 7. The van der Waals surface area contributed by atoms with E-state index in [2.05, 4.69) is 5.32 Å². The Morgan fingerprint density at radius 3 is 2.58 bits per heavy atom. The first kappa shape index (κ1) is 18.7. The van der Waals surface area contributed by atoms with Crippen molar-refractivity contribution in [1.82, 2.24) is 4.90 Å². The first-order chi connectivity index (χ1) is 12.4. The minimum absolute atomic E-state index is 0.0395. The number of hydrogen-bond donors (Lipinski definition) is 1. The number of nitrogens with one attached hydrogen (secondary N) is 1. The highest BCUT2D eigenvalue weighted by Crippen LogP contribution is 2.31. The number of amides is 2. The zero-order chi connectivity index (χ0) is 18.7. The van der Waals surface area contributed by atoms with Gasteiger partial charge in [0, 0.05) is 58.0 Å². The lowest BCUT2D eigenvalue weighted by Gasteiger charge is -2.27. The van der Waals surface area contributed by atoms with E-state index in [-0.39, 0.29) is 23.8 Å². The smallest absolute Gasteiger partial charge is 0.227 e. The molecule has 0 radical (unpaired) electrons. The summed E-state index contributed by atoms with van der Waals surface area (Å²) in [6, 6.07) is 5.92. The number of carbonyl (C=O) groups is 2. The van der Waals surface area contributed by atoms with E-state index in [0.717, 1.165) is 49.2 Å². The van der Waals surface area contributed by atoms with Crippen LogP contribution in [0.15, 0.2) is 18.2 Å². The first-order valence-corrected chi connectivity index (χ1v) is 9.42. The zero-order valence-corrected chi connectivity index (χ0v) is 16.0.